The Hall–Kier alpha value is -0.390. The van der Waals surface area contributed by atoms with Gasteiger partial charge in [0, 0.05) is 12.8 Å². The molecular formula is C7H9F2O2P. The van der Waals surface area contributed by atoms with Gasteiger partial charge >= 0.3 is 0 Å². The molecule has 2 nitrogen and oxygen atoms in total. The molecule has 0 aromatic heterocycles. The highest BCUT2D eigenvalue weighted by molar-refractivity contribution is 7.58. The zero-order valence-electron chi connectivity index (χ0n) is 6.54. The van der Waals surface area contributed by atoms with Crippen LogP contribution < -0.4 is 0 Å². The Labute approximate surface area is 69.7 Å². The summed E-state index contributed by atoms with van der Waals surface area (Å²) >= 11 is 0. The third-order valence-corrected chi connectivity index (χ3v) is 3.48. The summed E-state index contributed by atoms with van der Waals surface area (Å²) in [5.74, 6) is 1.47. The third-order valence-electron chi connectivity index (χ3n) is 1.73. The molecule has 68 valence electrons. The molecule has 1 rings (SSSR count). The van der Waals surface area contributed by atoms with E-state index in [4.69, 9.17) is 6.42 Å². The Kier molecular flexibility index (Phi) is 2.55. The van der Waals surface area contributed by atoms with E-state index >= 15 is 0 Å². The average Bonchev–Trinajstić information content (AvgIpc) is 2.25. The van der Waals surface area contributed by atoms with Crippen molar-refractivity contribution in [3.05, 3.63) is 0 Å². The van der Waals surface area contributed by atoms with Gasteiger partial charge in [0.25, 0.3) is 6.43 Å². The molecule has 1 fully saturated rings. The topological polar surface area (TPSA) is 26.3 Å². The average molecular weight is 194 g/mol. The van der Waals surface area contributed by atoms with Gasteiger partial charge in [0.15, 0.2) is 0 Å². The normalized spacial score (nSPS) is 41.6. The third kappa shape index (κ3) is 1.85. The molecule has 5 heteroatoms. The second kappa shape index (κ2) is 3.16. The summed E-state index contributed by atoms with van der Waals surface area (Å²) in [5.41, 5.74) is 0. The molecular weight excluding hydrogens is 185 g/mol. The van der Waals surface area contributed by atoms with E-state index < -0.39 is 25.8 Å². The first-order valence-corrected chi connectivity index (χ1v) is 5.71. The number of rotatable bonds is 1. The molecule has 1 aliphatic heterocycles. The van der Waals surface area contributed by atoms with E-state index in [1.165, 1.54) is 6.66 Å². The van der Waals surface area contributed by atoms with E-state index in [1.54, 1.807) is 0 Å². The van der Waals surface area contributed by atoms with Crippen molar-refractivity contribution >= 4 is 7.37 Å². The van der Waals surface area contributed by atoms with Crippen molar-refractivity contribution in [3.8, 4) is 12.3 Å². The molecule has 0 N–H and O–H groups in total. The number of hydrogen-bond acceptors (Lipinski definition) is 2. The van der Waals surface area contributed by atoms with Crippen LogP contribution in [0.25, 0.3) is 0 Å². The highest BCUT2D eigenvalue weighted by atomic mass is 31.2. The van der Waals surface area contributed by atoms with Crippen LogP contribution >= 0.6 is 7.37 Å². The van der Waals surface area contributed by atoms with Crippen LogP contribution in [0.3, 0.4) is 0 Å². The summed E-state index contributed by atoms with van der Waals surface area (Å²) in [6.07, 6.45) is 1.07. The monoisotopic (exact) mass is 194 g/mol. The van der Waals surface area contributed by atoms with Crippen LogP contribution in [0.15, 0.2) is 0 Å². The van der Waals surface area contributed by atoms with Gasteiger partial charge in [-0.2, -0.15) is 0 Å². The van der Waals surface area contributed by atoms with Crippen molar-refractivity contribution < 1.29 is 17.9 Å². The SMILES string of the molecule is C#CC1CP(C)(=O)OC1C(F)F. The van der Waals surface area contributed by atoms with Crippen LogP contribution in [0, 0.1) is 18.3 Å². The minimum Gasteiger partial charge on any atom is -0.318 e. The van der Waals surface area contributed by atoms with Crippen LogP contribution in [-0.4, -0.2) is 25.4 Å². The maximum absolute atomic E-state index is 12.2. The Morgan fingerprint density at radius 2 is 2.33 bits per heavy atom. The summed E-state index contributed by atoms with van der Waals surface area (Å²) < 4.78 is 40.3. The molecule has 0 aromatic rings. The van der Waals surface area contributed by atoms with E-state index in [-0.39, 0.29) is 6.16 Å². The molecule has 0 saturated carbocycles. The van der Waals surface area contributed by atoms with Gasteiger partial charge < -0.3 is 4.52 Å². The quantitative estimate of drug-likeness (QED) is 0.470. The summed E-state index contributed by atoms with van der Waals surface area (Å²) in [6, 6.07) is 0. The predicted molar refractivity (Wildman–Crippen MR) is 41.6 cm³/mol. The molecule has 1 saturated heterocycles. The minimum atomic E-state index is -2.85. The minimum absolute atomic E-state index is 0.0680. The van der Waals surface area contributed by atoms with Crippen LogP contribution in [0.5, 0.6) is 0 Å². The van der Waals surface area contributed by atoms with E-state index in [0.29, 0.717) is 0 Å². The number of halogens is 2. The smallest absolute Gasteiger partial charge is 0.266 e. The Morgan fingerprint density at radius 1 is 1.75 bits per heavy atom. The Bertz CT molecular complexity index is 259. The van der Waals surface area contributed by atoms with Gasteiger partial charge in [-0.05, 0) is 0 Å². The first kappa shape index (κ1) is 9.70. The standard InChI is InChI=1S/C7H9F2O2P/c1-3-5-4-12(2,10)11-6(5)7(8)9/h1,5-7H,4H2,2H3. The van der Waals surface area contributed by atoms with Crippen LogP contribution in [0.2, 0.25) is 0 Å². The van der Waals surface area contributed by atoms with Crippen molar-refractivity contribution in [1.82, 2.24) is 0 Å². The summed E-state index contributed by atoms with van der Waals surface area (Å²) in [7, 11) is -2.85. The fourth-order valence-corrected chi connectivity index (χ4v) is 3.07. The van der Waals surface area contributed by atoms with E-state index in [9.17, 15) is 13.3 Å². The molecule has 0 aromatic carbocycles. The lowest BCUT2D eigenvalue weighted by Gasteiger charge is -2.11. The van der Waals surface area contributed by atoms with Gasteiger partial charge in [-0.25, -0.2) is 8.78 Å². The van der Waals surface area contributed by atoms with Crippen molar-refractivity contribution in [3.63, 3.8) is 0 Å². The van der Waals surface area contributed by atoms with Crippen molar-refractivity contribution in [1.29, 1.82) is 0 Å². The molecule has 1 heterocycles. The van der Waals surface area contributed by atoms with Gasteiger partial charge in [-0.15, -0.1) is 6.42 Å². The van der Waals surface area contributed by atoms with Gasteiger partial charge in [0.2, 0.25) is 7.37 Å². The second-order valence-corrected chi connectivity index (χ2v) is 5.48. The fourth-order valence-electron chi connectivity index (χ4n) is 1.20. The van der Waals surface area contributed by atoms with Crippen LogP contribution in [-0.2, 0) is 9.09 Å². The molecule has 12 heavy (non-hydrogen) atoms. The van der Waals surface area contributed by atoms with Gasteiger partial charge in [0.1, 0.15) is 6.10 Å². The summed E-state index contributed by atoms with van der Waals surface area (Å²) in [6.45, 7) is 1.33. The van der Waals surface area contributed by atoms with Gasteiger partial charge in [-0.1, -0.05) is 5.92 Å². The molecule has 3 atom stereocenters. The lowest BCUT2D eigenvalue weighted by molar-refractivity contribution is 0.0113. The van der Waals surface area contributed by atoms with Crippen molar-refractivity contribution in [2.45, 2.75) is 12.5 Å². The van der Waals surface area contributed by atoms with Gasteiger partial charge in [0.05, 0.1) is 5.92 Å². The molecule has 1 aliphatic rings. The summed E-state index contributed by atoms with van der Waals surface area (Å²) in [5, 5.41) is 0. The second-order valence-electron chi connectivity index (χ2n) is 2.87. The highest BCUT2D eigenvalue weighted by Gasteiger charge is 2.43. The lowest BCUT2D eigenvalue weighted by atomic mass is 10.1. The molecule has 0 bridgehead atoms. The number of hydrogen-bond donors (Lipinski definition) is 0. The number of alkyl halides is 2. The first-order chi connectivity index (χ1) is 5.46. The fraction of sp³-hybridized carbons (Fsp3) is 0.714. The molecule has 0 spiro atoms. The largest absolute Gasteiger partial charge is 0.318 e. The maximum Gasteiger partial charge on any atom is 0.266 e. The molecule has 0 amide bonds. The van der Waals surface area contributed by atoms with Crippen LogP contribution in [0.1, 0.15) is 0 Å². The number of terminal acetylenes is 1. The van der Waals surface area contributed by atoms with Crippen LogP contribution in [0.4, 0.5) is 8.78 Å². The predicted octanol–water partition coefficient (Wildman–Crippen LogP) is 1.81. The first-order valence-electron chi connectivity index (χ1n) is 3.45. The molecule has 0 aliphatic carbocycles. The van der Waals surface area contributed by atoms with E-state index in [2.05, 4.69) is 10.4 Å². The van der Waals surface area contributed by atoms with Gasteiger partial charge in [-0.3, -0.25) is 4.57 Å². The zero-order chi connectivity index (χ0) is 9.35. The molecule has 3 unspecified atom stereocenters. The Balaban J connectivity index is 2.78. The molecule has 0 radical (unpaired) electrons. The van der Waals surface area contributed by atoms with E-state index in [1.807, 2.05) is 0 Å². The lowest BCUT2D eigenvalue weighted by Crippen LogP contribution is -2.24. The van der Waals surface area contributed by atoms with Crippen molar-refractivity contribution in [2.75, 3.05) is 12.8 Å². The van der Waals surface area contributed by atoms with E-state index in [0.717, 1.165) is 0 Å². The Morgan fingerprint density at radius 3 is 2.67 bits per heavy atom. The van der Waals surface area contributed by atoms with Crippen molar-refractivity contribution in [2.24, 2.45) is 5.92 Å². The maximum atomic E-state index is 12.2. The zero-order valence-corrected chi connectivity index (χ0v) is 7.43. The highest BCUT2D eigenvalue weighted by Crippen LogP contribution is 2.54. The summed E-state index contributed by atoms with van der Waals surface area (Å²) in [4.78, 5) is 0.